The van der Waals surface area contributed by atoms with Crippen molar-refractivity contribution < 1.29 is 0 Å². The maximum atomic E-state index is 4.85. The first kappa shape index (κ1) is 12.7. The van der Waals surface area contributed by atoms with Crippen LogP contribution in [0.5, 0.6) is 0 Å². The molecule has 2 aromatic heterocycles. The molecule has 2 aromatic rings. The molecule has 0 amide bonds. The fourth-order valence-electron chi connectivity index (χ4n) is 3.55. The Balaban J connectivity index is 1.67. The van der Waals surface area contributed by atoms with E-state index in [0.717, 1.165) is 23.9 Å². The van der Waals surface area contributed by atoms with E-state index in [1.165, 1.54) is 37.1 Å². The lowest BCUT2D eigenvalue weighted by Crippen LogP contribution is -2.11. The van der Waals surface area contributed by atoms with Crippen molar-refractivity contribution in [2.75, 3.05) is 13.1 Å². The molecule has 2 unspecified atom stereocenters. The van der Waals surface area contributed by atoms with Crippen molar-refractivity contribution in [3.05, 3.63) is 10.8 Å². The highest BCUT2D eigenvalue weighted by atomic mass is 32.1. The van der Waals surface area contributed by atoms with Crippen LogP contribution in [0.2, 0.25) is 0 Å². The summed E-state index contributed by atoms with van der Waals surface area (Å²) >= 11 is 1.72. The standard InChI is InChI=1S/C14H21N5S/c1-9-7-15-8-11(9)13-18-19-12(16-17-14(19)20-13)10-5-3-2-4-6-10/h9-11,15H,2-8H2,1H3. The van der Waals surface area contributed by atoms with Crippen LogP contribution >= 0.6 is 11.3 Å². The molecule has 0 bridgehead atoms. The van der Waals surface area contributed by atoms with Crippen LogP contribution < -0.4 is 5.32 Å². The van der Waals surface area contributed by atoms with E-state index in [1.54, 1.807) is 11.3 Å². The first-order valence-corrected chi connectivity index (χ1v) is 8.57. The van der Waals surface area contributed by atoms with Gasteiger partial charge in [0.1, 0.15) is 5.01 Å². The topological polar surface area (TPSA) is 55.1 Å². The van der Waals surface area contributed by atoms with Gasteiger partial charge in [-0.3, -0.25) is 0 Å². The SMILES string of the molecule is CC1CNCC1c1nn2c(C3CCCCC3)nnc2s1. The average Bonchev–Trinajstić information content (AvgIpc) is 3.13. The molecule has 0 radical (unpaired) electrons. The van der Waals surface area contributed by atoms with E-state index in [0.29, 0.717) is 17.8 Å². The minimum atomic E-state index is 0.543. The number of fused-ring (bicyclic) bond motifs is 1. The Hall–Kier alpha value is -1.01. The molecule has 1 N–H and O–H groups in total. The van der Waals surface area contributed by atoms with Gasteiger partial charge in [-0.1, -0.05) is 37.5 Å². The Labute approximate surface area is 122 Å². The summed E-state index contributed by atoms with van der Waals surface area (Å²) in [5.41, 5.74) is 0. The molecule has 1 saturated carbocycles. The molecule has 2 aliphatic rings. The summed E-state index contributed by atoms with van der Waals surface area (Å²) in [6, 6.07) is 0. The zero-order chi connectivity index (χ0) is 13.5. The molecule has 108 valence electrons. The molecule has 0 aromatic carbocycles. The molecule has 6 heteroatoms. The Morgan fingerprint density at radius 1 is 1.15 bits per heavy atom. The molecule has 1 aliphatic heterocycles. The van der Waals surface area contributed by atoms with Gasteiger partial charge < -0.3 is 5.32 Å². The first-order chi connectivity index (χ1) is 9.83. The van der Waals surface area contributed by atoms with Gasteiger partial charge in [0.05, 0.1) is 0 Å². The van der Waals surface area contributed by atoms with Gasteiger partial charge in [0.15, 0.2) is 5.82 Å². The van der Waals surface area contributed by atoms with Crippen molar-refractivity contribution in [1.29, 1.82) is 0 Å². The van der Waals surface area contributed by atoms with Crippen molar-refractivity contribution in [2.24, 2.45) is 5.92 Å². The van der Waals surface area contributed by atoms with E-state index in [-0.39, 0.29) is 0 Å². The first-order valence-electron chi connectivity index (χ1n) is 7.75. The summed E-state index contributed by atoms with van der Waals surface area (Å²) in [4.78, 5) is 0.972. The second kappa shape index (κ2) is 5.07. The summed E-state index contributed by atoms with van der Waals surface area (Å²) in [7, 11) is 0. The van der Waals surface area contributed by atoms with Crippen LogP contribution in [0.3, 0.4) is 0 Å². The number of nitrogens with zero attached hydrogens (tertiary/aromatic N) is 4. The smallest absolute Gasteiger partial charge is 0.234 e. The van der Waals surface area contributed by atoms with Crippen molar-refractivity contribution in [1.82, 2.24) is 25.1 Å². The molecule has 1 aliphatic carbocycles. The lowest BCUT2D eigenvalue weighted by atomic mass is 9.89. The molecule has 5 nitrogen and oxygen atoms in total. The highest BCUT2D eigenvalue weighted by molar-refractivity contribution is 7.16. The normalized spacial score (nSPS) is 28.4. The van der Waals surface area contributed by atoms with Crippen molar-refractivity contribution >= 4 is 16.3 Å². The third-order valence-corrected chi connectivity index (χ3v) is 5.87. The minimum absolute atomic E-state index is 0.543. The number of hydrogen-bond acceptors (Lipinski definition) is 5. The largest absolute Gasteiger partial charge is 0.316 e. The van der Waals surface area contributed by atoms with Gasteiger partial charge in [-0.25, -0.2) is 0 Å². The predicted octanol–water partition coefficient (Wildman–Crippen LogP) is 2.56. The van der Waals surface area contributed by atoms with Gasteiger partial charge in [-0.05, 0) is 25.3 Å². The molecule has 20 heavy (non-hydrogen) atoms. The Morgan fingerprint density at radius 2 is 2.00 bits per heavy atom. The number of aromatic nitrogens is 4. The minimum Gasteiger partial charge on any atom is -0.316 e. The van der Waals surface area contributed by atoms with Crippen LogP contribution in [-0.2, 0) is 0 Å². The average molecular weight is 291 g/mol. The molecule has 2 atom stereocenters. The van der Waals surface area contributed by atoms with Gasteiger partial charge >= 0.3 is 0 Å². The molecule has 0 spiro atoms. The second-order valence-corrected chi connectivity index (χ2v) is 7.26. The molecule has 3 heterocycles. The van der Waals surface area contributed by atoms with Crippen molar-refractivity contribution in [2.45, 2.75) is 50.9 Å². The van der Waals surface area contributed by atoms with Gasteiger partial charge in [-0.2, -0.15) is 9.61 Å². The van der Waals surface area contributed by atoms with E-state index in [4.69, 9.17) is 5.10 Å². The van der Waals surface area contributed by atoms with Crippen LogP contribution in [0.4, 0.5) is 0 Å². The van der Waals surface area contributed by atoms with Gasteiger partial charge in [-0.15, -0.1) is 10.2 Å². The summed E-state index contributed by atoms with van der Waals surface area (Å²) in [5.74, 6) is 2.87. The van der Waals surface area contributed by atoms with E-state index in [1.807, 2.05) is 4.52 Å². The maximum Gasteiger partial charge on any atom is 0.234 e. The summed E-state index contributed by atoms with van der Waals surface area (Å²) < 4.78 is 2.03. The number of nitrogens with one attached hydrogen (secondary N) is 1. The molecule has 4 rings (SSSR count). The molecular formula is C14H21N5S. The van der Waals surface area contributed by atoms with Gasteiger partial charge in [0, 0.05) is 18.4 Å². The highest BCUT2D eigenvalue weighted by Crippen LogP contribution is 2.34. The van der Waals surface area contributed by atoms with E-state index < -0.39 is 0 Å². The molecular weight excluding hydrogens is 270 g/mol. The monoisotopic (exact) mass is 291 g/mol. The number of hydrogen-bond donors (Lipinski definition) is 1. The zero-order valence-corrected chi connectivity index (χ0v) is 12.7. The van der Waals surface area contributed by atoms with Gasteiger partial charge in [0.2, 0.25) is 4.96 Å². The zero-order valence-electron chi connectivity index (χ0n) is 11.9. The van der Waals surface area contributed by atoms with E-state index in [2.05, 4.69) is 22.4 Å². The van der Waals surface area contributed by atoms with Gasteiger partial charge in [0.25, 0.3) is 0 Å². The van der Waals surface area contributed by atoms with Crippen LogP contribution in [0.15, 0.2) is 0 Å². The summed E-state index contributed by atoms with van der Waals surface area (Å²) in [6.07, 6.45) is 6.50. The molecule has 2 fully saturated rings. The Morgan fingerprint density at radius 3 is 2.75 bits per heavy atom. The highest BCUT2D eigenvalue weighted by Gasteiger charge is 2.29. The van der Waals surface area contributed by atoms with Crippen LogP contribution in [0.1, 0.15) is 61.7 Å². The fourth-order valence-corrected chi connectivity index (χ4v) is 4.63. The third-order valence-electron chi connectivity index (χ3n) is 4.84. The third kappa shape index (κ3) is 2.05. The quantitative estimate of drug-likeness (QED) is 0.924. The van der Waals surface area contributed by atoms with Crippen LogP contribution in [0, 0.1) is 5.92 Å². The fraction of sp³-hybridized carbons (Fsp3) is 0.786. The van der Waals surface area contributed by atoms with E-state index in [9.17, 15) is 0 Å². The van der Waals surface area contributed by atoms with Crippen LogP contribution in [0.25, 0.3) is 4.96 Å². The Kier molecular flexibility index (Phi) is 3.22. The van der Waals surface area contributed by atoms with E-state index >= 15 is 0 Å². The molecule has 1 saturated heterocycles. The summed E-state index contributed by atoms with van der Waals surface area (Å²) in [6.45, 7) is 4.44. The van der Waals surface area contributed by atoms with Crippen LogP contribution in [-0.4, -0.2) is 32.9 Å². The Bertz CT molecular complexity index is 598. The predicted molar refractivity (Wildman–Crippen MR) is 79.3 cm³/mol. The number of rotatable bonds is 2. The summed E-state index contributed by atoms with van der Waals surface area (Å²) in [5, 5.41) is 18.3. The van der Waals surface area contributed by atoms with Crippen molar-refractivity contribution in [3.8, 4) is 0 Å². The van der Waals surface area contributed by atoms with Crippen molar-refractivity contribution in [3.63, 3.8) is 0 Å². The lowest BCUT2D eigenvalue weighted by Gasteiger charge is -2.18. The lowest BCUT2D eigenvalue weighted by molar-refractivity contribution is 0.422. The maximum absolute atomic E-state index is 4.85. The second-order valence-electron chi connectivity index (χ2n) is 6.27.